The summed E-state index contributed by atoms with van der Waals surface area (Å²) in [6, 6.07) is 14.3. The van der Waals surface area contributed by atoms with Crippen LogP contribution in [0.5, 0.6) is 11.5 Å². The lowest BCUT2D eigenvalue weighted by Crippen LogP contribution is -2.24. The lowest BCUT2D eigenvalue weighted by Gasteiger charge is -2.24. The quantitative estimate of drug-likeness (QED) is 0.424. The highest BCUT2D eigenvalue weighted by molar-refractivity contribution is 8.12. The fraction of sp³-hybridized carbons (Fsp3) is 0.333. The van der Waals surface area contributed by atoms with Gasteiger partial charge in [-0.05, 0) is 36.6 Å². The zero-order valence-electron chi connectivity index (χ0n) is 15.3. The highest BCUT2D eigenvalue weighted by Crippen LogP contribution is 2.31. The number of hydrogen-bond acceptors (Lipinski definition) is 6. The Morgan fingerprint density at radius 2 is 1.74 bits per heavy atom. The van der Waals surface area contributed by atoms with E-state index >= 15 is 0 Å². The number of esters is 1. The summed E-state index contributed by atoms with van der Waals surface area (Å²) >= 11 is 1.25. The average Bonchev–Trinajstić information content (AvgIpc) is 2.69. The van der Waals surface area contributed by atoms with Gasteiger partial charge in [0, 0.05) is 30.6 Å². The fourth-order valence-corrected chi connectivity index (χ4v) is 3.83. The van der Waals surface area contributed by atoms with E-state index < -0.39 is 0 Å². The maximum atomic E-state index is 12.5. The number of carbonyl (C=O) groups is 2. The van der Waals surface area contributed by atoms with Crippen molar-refractivity contribution in [3.63, 3.8) is 0 Å². The van der Waals surface area contributed by atoms with E-state index in [1.807, 2.05) is 30.3 Å². The number of piperidine rings is 1. The van der Waals surface area contributed by atoms with Gasteiger partial charge in [0.15, 0.2) is 11.5 Å². The van der Waals surface area contributed by atoms with E-state index in [1.54, 1.807) is 18.2 Å². The first kappa shape index (κ1) is 19.5. The lowest BCUT2D eigenvalue weighted by atomic mass is 10.1. The first-order chi connectivity index (χ1) is 13.2. The van der Waals surface area contributed by atoms with Gasteiger partial charge < -0.3 is 9.47 Å². The van der Waals surface area contributed by atoms with Gasteiger partial charge in [-0.25, -0.2) is 4.31 Å². The molecule has 0 unspecified atom stereocenters. The molecular weight excluding hydrogens is 362 g/mol. The smallest absolute Gasteiger partial charge is 0.315 e. The maximum Gasteiger partial charge on any atom is 0.315 e. The molecular formula is C21H23NO4S. The third-order valence-electron chi connectivity index (χ3n) is 4.34. The third-order valence-corrected chi connectivity index (χ3v) is 5.37. The number of nitrogens with zero attached hydrogens (tertiary/aromatic N) is 1. The molecule has 0 radical (unpaired) electrons. The second kappa shape index (κ2) is 9.58. The van der Waals surface area contributed by atoms with Crippen LogP contribution in [-0.4, -0.2) is 35.6 Å². The summed E-state index contributed by atoms with van der Waals surface area (Å²) < 4.78 is 12.9. The van der Waals surface area contributed by atoms with Gasteiger partial charge in [0.2, 0.25) is 5.12 Å². The molecule has 0 saturated carbocycles. The molecule has 1 heterocycles. The highest BCUT2D eigenvalue weighted by atomic mass is 32.2. The van der Waals surface area contributed by atoms with Crippen molar-refractivity contribution in [2.45, 2.75) is 25.7 Å². The Bertz CT molecular complexity index is 788. The molecule has 0 N–H and O–H groups in total. The summed E-state index contributed by atoms with van der Waals surface area (Å²) in [7, 11) is 1.50. The Morgan fingerprint density at radius 1 is 1.00 bits per heavy atom. The van der Waals surface area contributed by atoms with Gasteiger partial charge in [-0.3, -0.25) is 9.59 Å². The molecule has 1 saturated heterocycles. The molecule has 1 aliphatic heterocycles. The van der Waals surface area contributed by atoms with E-state index in [4.69, 9.17) is 9.47 Å². The van der Waals surface area contributed by atoms with E-state index in [0.29, 0.717) is 17.1 Å². The summed E-state index contributed by atoms with van der Waals surface area (Å²) in [6.07, 6.45) is 3.65. The van der Waals surface area contributed by atoms with Crippen molar-refractivity contribution in [1.82, 2.24) is 4.31 Å². The van der Waals surface area contributed by atoms with E-state index in [2.05, 4.69) is 4.31 Å². The van der Waals surface area contributed by atoms with Crippen LogP contribution in [0.3, 0.4) is 0 Å². The molecule has 0 bridgehead atoms. The predicted octanol–water partition coefficient (Wildman–Crippen LogP) is 4.12. The van der Waals surface area contributed by atoms with Crippen LogP contribution >= 0.6 is 11.9 Å². The van der Waals surface area contributed by atoms with Crippen molar-refractivity contribution in [3.8, 4) is 11.5 Å². The van der Waals surface area contributed by atoms with Gasteiger partial charge in [0.1, 0.15) is 0 Å². The number of rotatable bonds is 6. The van der Waals surface area contributed by atoms with Gasteiger partial charge >= 0.3 is 5.97 Å². The lowest BCUT2D eigenvalue weighted by molar-refractivity contribution is -0.133. The predicted molar refractivity (Wildman–Crippen MR) is 106 cm³/mol. The summed E-state index contributed by atoms with van der Waals surface area (Å²) in [6.45, 7) is 1.87. The van der Waals surface area contributed by atoms with Gasteiger partial charge in [0.05, 0.1) is 13.5 Å². The molecule has 1 fully saturated rings. The maximum absolute atomic E-state index is 12.5. The Labute approximate surface area is 163 Å². The molecule has 0 aromatic heterocycles. The van der Waals surface area contributed by atoms with Crippen LogP contribution < -0.4 is 9.47 Å². The number of hydrogen-bond donors (Lipinski definition) is 0. The first-order valence-electron chi connectivity index (χ1n) is 9.05. The normalized spacial score (nSPS) is 14.6. The van der Waals surface area contributed by atoms with Crippen molar-refractivity contribution < 1.29 is 19.1 Å². The Morgan fingerprint density at radius 3 is 2.44 bits per heavy atom. The minimum absolute atomic E-state index is 0.0302. The Balaban J connectivity index is 1.64. The summed E-state index contributed by atoms with van der Waals surface area (Å²) in [5.74, 6) is 0.320. The summed E-state index contributed by atoms with van der Waals surface area (Å²) in [5, 5.41) is -0.0302. The Hall–Kier alpha value is -2.31. The summed E-state index contributed by atoms with van der Waals surface area (Å²) in [4.78, 5) is 24.7. The van der Waals surface area contributed by atoms with Crippen molar-refractivity contribution >= 4 is 23.0 Å². The van der Waals surface area contributed by atoms with Crippen LogP contribution in [0.2, 0.25) is 0 Å². The number of ether oxygens (including phenoxy) is 2. The molecule has 3 rings (SSSR count). The second-order valence-electron chi connectivity index (χ2n) is 6.37. The molecule has 0 atom stereocenters. The van der Waals surface area contributed by atoms with Gasteiger partial charge in [-0.15, -0.1) is 0 Å². The van der Waals surface area contributed by atoms with Crippen LogP contribution in [0.25, 0.3) is 0 Å². The highest BCUT2D eigenvalue weighted by Gasteiger charge is 2.19. The van der Waals surface area contributed by atoms with Crippen LogP contribution in [0, 0.1) is 0 Å². The molecule has 27 heavy (non-hydrogen) atoms. The van der Waals surface area contributed by atoms with Crippen LogP contribution in [0.1, 0.15) is 35.2 Å². The van der Waals surface area contributed by atoms with Crippen molar-refractivity contribution in [1.29, 1.82) is 0 Å². The molecule has 2 aromatic carbocycles. The van der Waals surface area contributed by atoms with E-state index in [-0.39, 0.29) is 17.5 Å². The summed E-state index contributed by atoms with van der Waals surface area (Å²) in [5.41, 5.74) is 1.41. The standard InChI is InChI=1S/C21H23NO4S/c1-25-19-15-17(21(24)27-22-12-6-3-7-13-22)10-11-18(19)26-20(23)14-16-8-4-2-5-9-16/h2,4-5,8-11,15H,3,6-7,12-14H2,1H3. The fourth-order valence-electron chi connectivity index (χ4n) is 2.93. The molecule has 142 valence electrons. The van der Waals surface area contributed by atoms with Crippen molar-refractivity contribution in [3.05, 3.63) is 59.7 Å². The molecule has 2 aromatic rings. The van der Waals surface area contributed by atoms with Gasteiger partial charge in [0.25, 0.3) is 0 Å². The molecule has 0 amide bonds. The van der Waals surface area contributed by atoms with Crippen LogP contribution in [0.4, 0.5) is 0 Å². The zero-order chi connectivity index (χ0) is 19.1. The number of benzene rings is 2. The van der Waals surface area contributed by atoms with Crippen LogP contribution in [0.15, 0.2) is 48.5 Å². The first-order valence-corrected chi connectivity index (χ1v) is 9.83. The number of carbonyl (C=O) groups excluding carboxylic acids is 2. The molecule has 1 aliphatic rings. The third kappa shape index (κ3) is 5.58. The number of methoxy groups -OCH3 is 1. The SMILES string of the molecule is COc1cc(C(=O)SN2CCCCC2)ccc1OC(=O)Cc1ccccc1. The minimum Gasteiger partial charge on any atom is -0.493 e. The molecule has 0 aliphatic carbocycles. The van der Waals surface area contributed by atoms with Gasteiger partial charge in [-0.2, -0.15) is 0 Å². The van der Waals surface area contributed by atoms with E-state index in [9.17, 15) is 9.59 Å². The monoisotopic (exact) mass is 385 g/mol. The average molecular weight is 385 g/mol. The van der Waals surface area contributed by atoms with E-state index in [0.717, 1.165) is 31.5 Å². The topological polar surface area (TPSA) is 55.8 Å². The van der Waals surface area contributed by atoms with Crippen molar-refractivity contribution in [2.24, 2.45) is 0 Å². The van der Waals surface area contributed by atoms with E-state index in [1.165, 1.54) is 25.5 Å². The zero-order valence-corrected chi connectivity index (χ0v) is 16.2. The largest absolute Gasteiger partial charge is 0.493 e. The molecule has 6 heteroatoms. The molecule has 0 spiro atoms. The van der Waals surface area contributed by atoms with Crippen LogP contribution in [-0.2, 0) is 11.2 Å². The molecule has 5 nitrogen and oxygen atoms in total. The van der Waals surface area contributed by atoms with Gasteiger partial charge in [-0.1, -0.05) is 36.8 Å². The minimum atomic E-state index is -0.374. The Kier molecular flexibility index (Phi) is 6.90. The second-order valence-corrected chi connectivity index (χ2v) is 7.44. The van der Waals surface area contributed by atoms with Crippen molar-refractivity contribution in [2.75, 3.05) is 20.2 Å².